The first-order chi connectivity index (χ1) is 14.6. The van der Waals surface area contributed by atoms with Crippen LogP contribution in [0.2, 0.25) is 0 Å². The molecule has 0 radical (unpaired) electrons. The lowest BCUT2D eigenvalue weighted by molar-refractivity contribution is -0.285. The Kier molecular flexibility index (Phi) is 5.18. The number of nitrogens with one attached hydrogen (secondary N) is 2. The molecule has 0 saturated carbocycles. The molecular weight excluding hydrogens is 432 g/mol. The number of aliphatic hydroxyl groups is 1. The first-order valence-electron chi connectivity index (χ1n) is 9.27. The first kappa shape index (κ1) is 21.2. The molecule has 0 aliphatic carbocycles. The van der Waals surface area contributed by atoms with Crippen molar-refractivity contribution >= 4 is 33.9 Å². The van der Waals surface area contributed by atoms with Gasteiger partial charge in [0.2, 0.25) is 5.72 Å². The number of hydrogen-bond acceptors (Lipinski definition) is 3. The molecule has 160 valence electrons. The van der Waals surface area contributed by atoms with E-state index in [0.29, 0.717) is 10.8 Å². The molecule has 3 aromatic rings. The van der Waals surface area contributed by atoms with Crippen molar-refractivity contribution in [2.75, 3.05) is 0 Å². The molecule has 0 amide bonds. The van der Waals surface area contributed by atoms with E-state index in [-0.39, 0.29) is 11.1 Å². The Labute approximate surface area is 179 Å². The van der Waals surface area contributed by atoms with Gasteiger partial charge < -0.3 is 15.7 Å². The van der Waals surface area contributed by atoms with Crippen molar-refractivity contribution in [3.63, 3.8) is 0 Å². The van der Waals surface area contributed by atoms with Crippen molar-refractivity contribution < 1.29 is 27.5 Å². The van der Waals surface area contributed by atoms with Crippen LogP contribution in [0.3, 0.4) is 0 Å². The minimum atomic E-state index is -5.23. The van der Waals surface area contributed by atoms with Crippen LogP contribution < -0.4 is 10.6 Å². The van der Waals surface area contributed by atoms with E-state index in [9.17, 15) is 27.5 Å². The molecule has 1 fully saturated rings. The normalized spacial score (nSPS) is 23.8. The summed E-state index contributed by atoms with van der Waals surface area (Å²) in [4.78, 5) is 13.6. The van der Waals surface area contributed by atoms with E-state index in [1.54, 1.807) is 36.4 Å². The van der Waals surface area contributed by atoms with Crippen LogP contribution in [0.1, 0.15) is 22.0 Å². The molecule has 0 aromatic heterocycles. The average molecular weight is 448 g/mol. The summed E-state index contributed by atoms with van der Waals surface area (Å²) in [5.74, 6) is -3.58. The SMILES string of the molecule is O=C(c1cccc2ccccc12)[C@@H]1[C@@H](c2ccc(F)cc2)NC(=S)N[C@@]1(O)C(F)(F)F. The fourth-order valence-corrected chi connectivity index (χ4v) is 4.18. The lowest BCUT2D eigenvalue weighted by Gasteiger charge is -2.46. The van der Waals surface area contributed by atoms with Gasteiger partial charge in [0.25, 0.3) is 0 Å². The number of alkyl halides is 3. The van der Waals surface area contributed by atoms with Gasteiger partial charge in [-0.2, -0.15) is 13.2 Å². The zero-order valence-corrected chi connectivity index (χ0v) is 16.6. The minimum absolute atomic E-state index is 0.0225. The van der Waals surface area contributed by atoms with Crippen molar-refractivity contribution in [2.45, 2.75) is 17.9 Å². The van der Waals surface area contributed by atoms with E-state index in [1.165, 1.54) is 18.2 Å². The second-order valence-electron chi connectivity index (χ2n) is 7.26. The number of fused-ring (bicyclic) bond motifs is 1. The van der Waals surface area contributed by atoms with Gasteiger partial charge in [0.05, 0.1) is 6.04 Å². The summed E-state index contributed by atoms with van der Waals surface area (Å²) in [6, 6.07) is 14.7. The minimum Gasteiger partial charge on any atom is -0.363 e. The quantitative estimate of drug-likeness (QED) is 0.318. The molecule has 0 unspecified atom stereocenters. The highest BCUT2D eigenvalue weighted by atomic mass is 32.1. The van der Waals surface area contributed by atoms with Gasteiger partial charge >= 0.3 is 6.18 Å². The van der Waals surface area contributed by atoms with Gasteiger partial charge in [-0.25, -0.2) is 4.39 Å². The molecule has 1 heterocycles. The van der Waals surface area contributed by atoms with E-state index in [4.69, 9.17) is 12.2 Å². The van der Waals surface area contributed by atoms with E-state index in [2.05, 4.69) is 5.32 Å². The lowest BCUT2D eigenvalue weighted by Crippen LogP contribution is -2.72. The van der Waals surface area contributed by atoms with Crippen molar-refractivity contribution in [1.29, 1.82) is 0 Å². The fraction of sp³-hybridized carbons (Fsp3) is 0.182. The Morgan fingerprint density at radius 2 is 1.65 bits per heavy atom. The van der Waals surface area contributed by atoms with Crippen molar-refractivity contribution in [3.05, 3.63) is 83.7 Å². The van der Waals surface area contributed by atoms with Gasteiger partial charge in [-0.05, 0) is 40.7 Å². The summed E-state index contributed by atoms with van der Waals surface area (Å²) in [5, 5.41) is 15.9. The molecule has 1 aliphatic rings. The molecular formula is C22H16F4N2O2S. The van der Waals surface area contributed by atoms with Crippen LogP contribution in [-0.2, 0) is 0 Å². The van der Waals surface area contributed by atoms with E-state index in [1.807, 2.05) is 5.32 Å². The molecule has 4 rings (SSSR count). The van der Waals surface area contributed by atoms with Crippen molar-refractivity contribution in [1.82, 2.24) is 10.6 Å². The molecule has 9 heteroatoms. The van der Waals surface area contributed by atoms with Crippen LogP contribution in [-0.4, -0.2) is 27.9 Å². The van der Waals surface area contributed by atoms with Gasteiger partial charge in [0.15, 0.2) is 10.9 Å². The molecule has 4 nitrogen and oxygen atoms in total. The van der Waals surface area contributed by atoms with Gasteiger partial charge in [-0.3, -0.25) is 4.79 Å². The highest BCUT2D eigenvalue weighted by Gasteiger charge is 2.65. The molecule has 1 saturated heterocycles. The smallest absolute Gasteiger partial charge is 0.363 e. The topological polar surface area (TPSA) is 61.4 Å². The van der Waals surface area contributed by atoms with Crippen LogP contribution in [0.4, 0.5) is 17.6 Å². The highest BCUT2D eigenvalue weighted by molar-refractivity contribution is 7.80. The number of thiocarbonyl (C=S) groups is 1. The third-order valence-electron chi connectivity index (χ3n) is 5.37. The first-order valence-corrected chi connectivity index (χ1v) is 9.68. The van der Waals surface area contributed by atoms with E-state index < -0.39 is 40.6 Å². The summed E-state index contributed by atoms with van der Waals surface area (Å²) in [6.45, 7) is 0. The molecule has 0 bridgehead atoms. The van der Waals surface area contributed by atoms with Crippen LogP contribution in [0.15, 0.2) is 66.7 Å². The number of carbonyl (C=O) groups is 1. The molecule has 3 N–H and O–H groups in total. The zero-order valence-electron chi connectivity index (χ0n) is 15.8. The Morgan fingerprint density at radius 3 is 2.32 bits per heavy atom. The van der Waals surface area contributed by atoms with E-state index >= 15 is 0 Å². The maximum Gasteiger partial charge on any atom is 0.437 e. The average Bonchev–Trinajstić information content (AvgIpc) is 2.72. The number of carbonyl (C=O) groups excluding carboxylic acids is 1. The lowest BCUT2D eigenvalue weighted by atomic mass is 9.76. The van der Waals surface area contributed by atoms with Gasteiger partial charge in [-0.1, -0.05) is 54.6 Å². The van der Waals surface area contributed by atoms with Crippen LogP contribution >= 0.6 is 12.2 Å². The molecule has 0 spiro atoms. The van der Waals surface area contributed by atoms with Crippen LogP contribution in [0, 0.1) is 11.7 Å². The predicted molar refractivity (Wildman–Crippen MR) is 111 cm³/mol. The monoisotopic (exact) mass is 448 g/mol. The fourth-order valence-electron chi connectivity index (χ4n) is 3.89. The van der Waals surface area contributed by atoms with Crippen molar-refractivity contribution in [3.8, 4) is 0 Å². The number of halogens is 4. The maximum absolute atomic E-state index is 14.1. The van der Waals surface area contributed by atoms with Gasteiger partial charge in [-0.15, -0.1) is 0 Å². The van der Waals surface area contributed by atoms with Gasteiger partial charge in [0.1, 0.15) is 11.7 Å². The number of Topliss-reactive ketones (excluding diaryl/α,β-unsaturated/α-hetero) is 1. The molecule has 3 atom stereocenters. The second kappa shape index (κ2) is 7.58. The third-order valence-corrected chi connectivity index (χ3v) is 5.59. The summed E-state index contributed by atoms with van der Waals surface area (Å²) in [5.41, 5.74) is -3.44. The number of rotatable bonds is 3. The number of benzene rings is 3. The number of ketones is 1. The molecule has 31 heavy (non-hydrogen) atoms. The molecule has 1 aliphatic heterocycles. The summed E-state index contributed by atoms with van der Waals surface area (Å²) in [7, 11) is 0. The highest BCUT2D eigenvalue weighted by Crippen LogP contribution is 2.44. The largest absolute Gasteiger partial charge is 0.437 e. The number of hydrogen-bond donors (Lipinski definition) is 3. The summed E-state index contributed by atoms with van der Waals surface area (Å²) < 4.78 is 55.7. The Bertz CT molecular complexity index is 1160. The van der Waals surface area contributed by atoms with Crippen molar-refractivity contribution in [2.24, 2.45) is 5.92 Å². The van der Waals surface area contributed by atoms with Crippen LogP contribution in [0.5, 0.6) is 0 Å². The predicted octanol–water partition coefficient (Wildman–Crippen LogP) is 4.25. The Morgan fingerprint density at radius 1 is 1.00 bits per heavy atom. The zero-order chi connectivity index (χ0) is 22.4. The summed E-state index contributed by atoms with van der Waals surface area (Å²) >= 11 is 4.89. The standard InChI is InChI=1S/C22H16F4N2O2S/c23-14-10-8-13(9-11-14)18-17(21(30,22(24,25)26)28-20(31)27-18)19(29)16-7-3-5-12-4-1-2-6-15(12)16/h1-11,17-18,30H,(H2,27,28,31)/t17-,18+,21-/m0/s1. The third kappa shape index (κ3) is 3.64. The summed E-state index contributed by atoms with van der Waals surface area (Å²) in [6.07, 6.45) is -5.23. The Hall–Kier alpha value is -3.04. The van der Waals surface area contributed by atoms with Crippen LogP contribution in [0.25, 0.3) is 10.8 Å². The Balaban J connectivity index is 1.92. The molecule has 3 aromatic carbocycles. The van der Waals surface area contributed by atoms with E-state index in [0.717, 1.165) is 12.1 Å². The maximum atomic E-state index is 14.1. The second-order valence-corrected chi connectivity index (χ2v) is 7.67. The van der Waals surface area contributed by atoms with Gasteiger partial charge in [0, 0.05) is 5.56 Å².